The first-order valence-electron chi connectivity index (χ1n) is 8.94. The monoisotopic (exact) mass is 424 g/mol. The highest BCUT2D eigenvalue weighted by atomic mass is 32.2. The van der Waals surface area contributed by atoms with Gasteiger partial charge >= 0.3 is 0 Å². The number of amides is 1. The van der Waals surface area contributed by atoms with E-state index in [0.717, 1.165) is 28.3 Å². The van der Waals surface area contributed by atoms with Gasteiger partial charge in [-0.05, 0) is 48.4 Å². The molecule has 0 aliphatic heterocycles. The zero-order valence-electron chi connectivity index (χ0n) is 16.8. The molecule has 0 aliphatic rings. The zero-order valence-corrected chi connectivity index (χ0v) is 17.6. The molecular formula is C20H25FN2O5S. The number of nitrogens with one attached hydrogen (secondary N) is 1. The van der Waals surface area contributed by atoms with Gasteiger partial charge in [0.2, 0.25) is 15.9 Å². The number of methoxy groups -OCH3 is 2. The van der Waals surface area contributed by atoms with Crippen LogP contribution in [0.15, 0.2) is 42.5 Å². The molecule has 0 radical (unpaired) electrons. The molecule has 0 aromatic heterocycles. The summed E-state index contributed by atoms with van der Waals surface area (Å²) in [5, 5.41) is 2.84. The topological polar surface area (TPSA) is 84.9 Å². The second kappa shape index (κ2) is 9.60. The summed E-state index contributed by atoms with van der Waals surface area (Å²) < 4.78 is 48.9. The highest BCUT2D eigenvalue weighted by Gasteiger charge is 2.23. The van der Waals surface area contributed by atoms with Crippen LogP contribution < -0.4 is 19.1 Å². The molecule has 158 valence electrons. The molecule has 0 spiro atoms. The Morgan fingerprint density at radius 3 is 2.24 bits per heavy atom. The molecule has 2 aromatic rings. The fraction of sp³-hybridized carbons (Fsp3) is 0.350. The van der Waals surface area contributed by atoms with Gasteiger partial charge in [-0.25, -0.2) is 12.8 Å². The molecule has 29 heavy (non-hydrogen) atoms. The molecule has 1 amide bonds. The quantitative estimate of drug-likeness (QED) is 0.669. The van der Waals surface area contributed by atoms with E-state index in [2.05, 4.69) is 5.32 Å². The van der Waals surface area contributed by atoms with Gasteiger partial charge in [0.25, 0.3) is 0 Å². The van der Waals surface area contributed by atoms with Crippen LogP contribution in [0.4, 0.5) is 10.1 Å². The minimum Gasteiger partial charge on any atom is -0.493 e. The van der Waals surface area contributed by atoms with Gasteiger partial charge in [-0.1, -0.05) is 13.0 Å². The number of ether oxygens (including phenoxy) is 2. The first-order valence-corrected chi connectivity index (χ1v) is 10.8. The van der Waals surface area contributed by atoms with Crippen molar-refractivity contribution < 1.29 is 27.1 Å². The number of hydrogen-bond donors (Lipinski definition) is 1. The summed E-state index contributed by atoms with van der Waals surface area (Å²) in [5.74, 6) is 0.117. The molecule has 2 aromatic carbocycles. The van der Waals surface area contributed by atoms with Crippen LogP contribution in [-0.2, 0) is 14.8 Å². The van der Waals surface area contributed by atoms with Crippen molar-refractivity contribution in [2.24, 2.45) is 0 Å². The highest BCUT2D eigenvalue weighted by molar-refractivity contribution is 7.92. The summed E-state index contributed by atoms with van der Waals surface area (Å²) in [7, 11) is -0.684. The lowest BCUT2D eigenvalue weighted by atomic mass is 10.0. The van der Waals surface area contributed by atoms with Crippen LogP contribution in [0.5, 0.6) is 11.5 Å². The molecule has 0 heterocycles. The van der Waals surface area contributed by atoms with Crippen molar-refractivity contribution in [2.45, 2.75) is 19.4 Å². The van der Waals surface area contributed by atoms with Crippen molar-refractivity contribution >= 4 is 21.6 Å². The maximum atomic E-state index is 13.2. The third-order valence-corrected chi connectivity index (χ3v) is 5.50. The van der Waals surface area contributed by atoms with Crippen molar-refractivity contribution in [2.75, 3.05) is 31.3 Å². The first kappa shape index (κ1) is 22.5. The second-order valence-electron chi connectivity index (χ2n) is 6.39. The third-order valence-electron chi connectivity index (χ3n) is 4.36. The van der Waals surface area contributed by atoms with Gasteiger partial charge in [-0.2, -0.15) is 0 Å². The van der Waals surface area contributed by atoms with Crippen molar-refractivity contribution in [3.05, 3.63) is 53.8 Å². The SMILES string of the molecule is CC[C@@H](NC(=O)CN(c1ccc(F)cc1)S(C)(=O)=O)c1ccc(OC)c(OC)c1. The molecule has 7 nitrogen and oxygen atoms in total. The number of nitrogens with zero attached hydrogens (tertiary/aromatic N) is 1. The molecule has 2 rings (SSSR count). The van der Waals surface area contributed by atoms with Crippen molar-refractivity contribution in [3.8, 4) is 11.5 Å². The third kappa shape index (κ3) is 5.83. The average Bonchev–Trinajstić information content (AvgIpc) is 2.69. The van der Waals surface area contributed by atoms with Gasteiger partial charge in [0.05, 0.1) is 32.2 Å². The van der Waals surface area contributed by atoms with Crippen LogP contribution in [0, 0.1) is 5.82 Å². The lowest BCUT2D eigenvalue weighted by Gasteiger charge is -2.24. The molecule has 0 saturated heterocycles. The normalized spacial score (nSPS) is 12.2. The minimum atomic E-state index is -3.74. The summed E-state index contributed by atoms with van der Waals surface area (Å²) in [4.78, 5) is 12.6. The van der Waals surface area contributed by atoms with Crippen LogP contribution >= 0.6 is 0 Å². The number of anilines is 1. The Bertz CT molecular complexity index is 948. The Balaban J connectivity index is 2.20. The van der Waals surface area contributed by atoms with Crippen LogP contribution in [0.1, 0.15) is 24.9 Å². The van der Waals surface area contributed by atoms with E-state index >= 15 is 0 Å². The van der Waals surface area contributed by atoms with Gasteiger partial charge in [0.15, 0.2) is 11.5 Å². The van der Waals surface area contributed by atoms with E-state index in [9.17, 15) is 17.6 Å². The van der Waals surface area contributed by atoms with E-state index in [0.29, 0.717) is 17.9 Å². The Morgan fingerprint density at radius 2 is 1.72 bits per heavy atom. The minimum absolute atomic E-state index is 0.211. The van der Waals surface area contributed by atoms with Crippen LogP contribution in [0.2, 0.25) is 0 Å². The molecule has 1 N–H and O–H groups in total. The average molecular weight is 424 g/mol. The molecule has 0 fully saturated rings. The van der Waals surface area contributed by atoms with Crippen LogP contribution in [-0.4, -0.2) is 41.3 Å². The first-order chi connectivity index (χ1) is 13.7. The number of carbonyl (C=O) groups is 1. The van der Waals surface area contributed by atoms with Crippen molar-refractivity contribution in [1.29, 1.82) is 0 Å². The Hall–Kier alpha value is -2.81. The standard InChI is InChI=1S/C20H25FN2O5S/c1-5-17(14-6-11-18(27-2)19(12-14)28-3)22-20(24)13-23(29(4,25)26)16-9-7-15(21)8-10-16/h6-12,17H,5,13H2,1-4H3,(H,22,24)/t17-/m1/s1. The van der Waals surface area contributed by atoms with Crippen LogP contribution in [0.3, 0.4) is 0 Å². The van der Waals surface area contributed by atoms with Crippen molar-refractivity contribution in [3.63, 3.8) is 0 Å². The van der Waals surface area contributed by atoms with E-state index < -0.39 is 28.3 Å². The molecule has 0 unspecified atom stereocenters. The lowest BCUT2D eigenvalue weighted by molar-refractivity contribution is -0.120. The summed E-state index contributed by atoms with van der Waals surface area (Å²) in [5.41, 5.74) is 1.01. The largest absolute Gasteiger partial charge is 0.493 e. The number of halogens is 1. The summed E-state index contributed by atoms with van der Waals surface area (Å²) in [6.07, 6.45) is 1.58. The number of benzene rings is 2. The smallest absolute Gasteiger partial charge is 0.241 e. The van der Waals surface area contributed by atoms with Gasteiger partial charge in [-0.15, -0.1) is 0 Å². The number of carbonyl (C=O) groups excluding carboxylic acids is 1. The van der Waals surface area contributed by atoms with Gasteiger partial charge in [0, 0.05) is 0 Å². The number of sulfonamides is 1. The zero-order chi connectivity index (χ0) is 21.6. The van der Waals surface area contributed by atoms with E-state index in [4.69, 9.17) is 9.47 Å². The molecule has 1 atom stereocenters. The molecule has 0 bridgehead atoms. The lowest BCUT2D eigenvalue weighted by Crippen LogP contribution is -2.41. The molecule has 0 saturated carbocycles. The van der Waals surface area contributed by atoms with Crippen LogP contribution in [0.25, 0.3) is 0 Å². The maximum absolute atomic E-state index is 13.2. The number of hydrogen-bond acceptors (Lipinski definition) is 5. The second-order valence-corrected chi connectivity index (χ2v) is 8.30. The maximum Gasteiger partial charge on any atom is 0.241 e. The highest BCUT2D eigenvalue weighted by Crippen LogP contribution is 2.31. The Kier molecular flexibility index (Phi) is 7.44. The van der Waals surface area contributed by atoms with E-state index in [-0.39, 0.29) is 11.7 Å². The molecule has 0 aliphatic carbocycles. The Labute approximate surface area is 170 Å². The van der Waals surface area contributed by atoms with Gasteiger partial charge in [-0.3, -0.25) is 9.10 Å². The summed E-state index contributed by atoms with van der Waals surface area (Å²) >= 11 is 0. The summed E-state index contributed by atoms with van der Waals surface area (Å²) in [6, 6.07) is 9.88. The summed E-state index contributed by atoms with van der Waals surface area (Å²) in [6.45, 7) is 1.48. The van der Waals surface area contributed by atoms with E-state index in [1.807, 2.05) is 13.0 Å². The van der Waals surface area contributed by atoms with Crippen molar-refractivity contribution in [1.82, 2.24) is 5.32 Å². The fourth-order valence-electron chi connectivity index (χ4n) is 2.87. The number of rotatable bonds is 9. The molecular weight excluding hydrogens is 399 g/mol. The van der Waals surface area contributed by atoms with Gasteiger partial charge < -0.3 is 14.8 Å². The van der Waals surface area contributed by atoms with Gasteiger partial charge in [0.1, 0.15) is 12.4 Å². The molecule has 9 heteroatoms. The predicted molar refractivity (Wildman–Crippen MR) is 109 cm³/mol. The predicted octanol–water partition coefficient (Wildman–Crippen LogP) is 2.88. The van der Waals surface area contributed by atoms with E-state index in [1.165, 1.54) is 26.4 Å². The van der Waals surface area contributed by atoms with E-state index in [1.54, 1.807) is 12.1 Å². The Morgan fingerprint density at radius 1 is 1.10 bits per heavy atom. The fourth-order valence-corrected chi connectivity index (χ4v) is 3.72.